The fourth-order valence-electron chi connectivity index (χ4n) is 6.73. The molecule has 6 aromatic carbocycles. The first-order valence-electron chi connectivity index (χ1n) is 14.9. The maximum atomic E-state index is 4.93. The van der Waals surface area contributed by atoms with Crippen molar-refractivity contribution < 1.29 is 0 Å². The fourth-order valence-corrected chi connectivity index (χ4v) is 6.73. The highest BCUT2D eigenvalue weighted by molar-refractivity contribution is 6.34. The Hall–Kier alpha value is -5.93. The Morgan fingerprint density at radius 3 is 1.50 bits per heavy atom. The Balaban J connectivity index is 1.19. The van der Waals surface area contributed by atoms with Crippen molar-refractivity contribution in [3.05, 3.63) is 152 Å². The van der Waals surface area contributed by atoms with Gasteiger partial charge in [-0.1, -0.05) is 103 Å². The van der Waals surface area contributed by atoms with Gasteiger partial charge in [0.1, 0.15) is 0 Å². The first-order valence-corrected chi connectivity index (χ1v) is 14.9. The quantitative estimate of drug-likeness (QED) is 0.159. The van der Waals surface area contributed by atoms with Gasteiger partial charge in [-0.15, -0.1) is 0 Å². The molecule has 9 aromatic rings. The lowest BCUT2D eigenvalue weighted by atomic mass is 9.87. The van der Waals surface area contributed by atoms with Crippen molar-refractivity contribution in [2.75, 3.05) is 0 Å². The van der Waals surface area contributed by atoms with Gasteiger partial charge in [0.2, 0.25) is 0 Å². The SMILES string of the molecule is c1ccc(-c2cc(-c3ccc(-c4ccc5c6cccc7cccc(c8cccc4c85)c76)cc3)cc(-c3ccccn3)n2)nc1. The van der Waals surface area contributed by atoms with Crippen LogP contribution in [0.1, 0.15) is 0 Å². The monoisotopic (exact) mass is 559 g/mol. The minimum Gasteiger partial charge on any atom is -0.255 e. The molecule has 0 bridgehead atoms. The summed E-state index contributed by atoms with van der Waals surface area (Å²) in [6, 6.07) is 49.6. The van der Waals surface area contributed by atoms with E-state index < -0.39 is 0 Å². The highest BCUT2D eigenvalue weighted by Gasteiger charge is 2.16. The average Bonchev–Trinajstić information content (AvgIpc) is 3.11. The first kappa shape index (κ1) is 24.6. The Morgan fingerprint density at radius 1 is 0.341 bits per heavy atom. The van der Waals surface area contributed by atoms with E-state index in [0.717, 1.165) is 33.9 Å². The molecule has 0 fully saturated rings. The van der Waals surface area contributed by atoms with Crippen molar-refractivity contribution in [3.8, 4) is 45.0 Å². The molecule has 44 heavy (non-hydrogen) atoms. The van der Waals surface area contributed by atoms with Crippen molar-refractivity contribution in [1.82, 2.24) is 15.0 Å². The van der Waals surface area contributed by atoms with Crippen molar-refractivity contribution in [1.29, 1.82) is 0 Å². The summed E-state index contributed by atoms with van der Waals surface area (Å²) in [5, 5.41) is 10.5. The van der Waals surface area contributed by atoms with Crippen LogP contribution in [0.5, 0.6) is 0 Å². The van der Waals surface area contributed by atoms with Crippen LogP contribution in [-0.4, -0.2) is 15.0 Å². The molecule has 0 saturated carbocycles. The molecular formula is C41H25N3. The van der Waals surface area contributed by atoms with Gasteiger partial charge in [-0.2, -0.15) is 0 Å². The zero-order valence-electron chi connectivity index (χ0n) is 23.8. The lowest BCUT2D eigenvalue weighted by Crippen LogP contribution is -1.94. The highest BCUT2D eigenvalue weighted by atomic mass is 14.8. The van der Waals surface area contributed by atoms with E-state index in [1.165, 1.54) is 54.2 Å². The topological polar surface area (TPSA) is 38.7 Å². The summed E-state index contributed by atoms with van der Waals surface area (Å²) >= 11 is 0. The third kappa shape index (κ3) is 3.87. The van der Waals surface area contributed by atoms with Crippen LogP contribution in [0.15, 0.2) is 152 Å². The molecule has 0 atom stereocenters. The van der Waals surface area contributed by atoms with E-state index >= 15 is 0 Å². The molecule has 3 heterocycles. The molecule has 0 aliphatic rings. The van der Waals surface area contributed by atoms with Crippen molar-refractivity contribution >= 4 is 43.1 Å². The number of pyridine rings is 3. The smallest absolute Gasteiger partial charge is 0.0900 e. The molecule has 0 spiro atoms. The summed E-state index contributed by atoms with van der Waals surface area (Å²) in [4.78, 5) is 14.1. The summed E-state index contributed by atoms with van der Waals surface area (Å²) in [6.07, 6.45) is 3.61. The third-order valence-corrected chi connectivity index (χ3v) is 8.73. The zero-order chi connectivity index (χ0) is 29.0. The van der Waals surface area contributed by atoms with Gasteiger partial charge in [-0.25, -0.2) is 4.98 Å². The number of hydrogen-bond acceptors (Lipinski definition) is 3. The normalized spacial score (nSPS) is 11.6. The first-order chi connectivity index (χ1) is 21.8. The molecule has 3 heteroatoms. The van der Waals surface area contributed by atoms with Gasteiger partial charge in [-0.3, -0.25) is 9.97 Å². The number of rotatable bonds is 4. The molecule has 0 N–H and O–H groups in total. The second-order valence-corrected chi connectivity index (χ2v) is 11.2. The summed E-state index contributed by atoms with van der Waals surface area (Å²) in [6.45, 7) is 0. The Bertz CT molecular complexity index is 2360. The molecule has 204 valence electrons. The number of aromatic nitrogens is 3. The van der Waals surface area contributed by atoms with E-state index in [1.807, 2.05) is 36.4 Å². The van der Waals surface area contributed by atoms with Crippen LogP contribution in [0, 0.1) is 0 Å². The summed E-state index contributed by atoms with van der Waals surface area (Å²) in [5.41, 5.74) is 7.95. The maximum absolute atomic E-state index is 4.93. The van der Waals surface area contributed by atoms with Crippen molar-refractivity contribution in [3.63, 3.8) is 0 Å². The predicted molar refractivity (Wildman–Crippen MR) is 183 cm³/mol. The summed E-state index contributed by atoms with van der Waals surface area (Å²) in [5.74, 6) is 0. The Morgan fingerprint density at radius 2 is 0.886 bits per heavy atom. The van der Waals surface area contributed by atoms with Crippen LogP contribution in [0.4, 0.5) is 0 Å². The second kappa shape index (κ2) is 9.82. The minimum atomic E-state index is 0.826. The number of fused-ring (bicyclic) bond motifs is 2. The van der Waals surface area contributed by atoms with Crippen LogP contribution >= 0.6 is 0 Å². The molecule has 3 nitrogen and oxygen atoms in total. The molecule has 0 unspecified atom stereocenters. The number of benzene rings is 6. The standard InChI is InChI=1S/C41H25N3/c1-3-22-42-36(14-1)38-24-29(25-39(44-38)37-15-2-4-23-43-37)26-16-18-27(19-17-26)30-20-21-35-33-11-6-9-28-8-5-10-32(40(28)33)34-13-7-12-31(30)41(34)35/h1-25H. The van der Waals surface area contributed by atoms with E-state index in [2.05, 4.69) is 113 Å². The Labute approximate surface area is 254 Å². The van der Waals surface area contributed by atoms with E-state index in [4.69, 9.17) is 4.98 Å². The summed E-state index contributed by atoms with van der Waals surface area (Å²) in [7, 11) is 0. The molecule has 0 radical (unpaired) electrons. The molecule has 0 saturated heterocycles. The van der Waals surface area contributed by atoms with Crippen LogP contribution in [0.25, 0.3) is 88.1 Å². The fraction of sp³-hybridized carbons (Fsp3) is 0. The van der Waals surface area contributed by atoms with E-state index in [1.54, 1.807) is 12.4 Å². The Kier molecular flexibility index (Phi) is 5.50. The lowest BCUT2D eigenvalue weighted by molar-refractivity contribution is 1.22. The molecule has 0 aliphatic heterocycles. The van der Waals surface area contributed by atoms with Gasteiger partial charge in [0.15, 0.2) is 0 Å². The highest BCUT2D eigenvalue weighted by Crippen LogP contribution is 2.43. The van der Waals surface area contributed by atoms with Crippen LogP contribution in [-0.2, 0) is 0 Å². The minimum absolute atomic E-state index is 0.826. The van der Waals surface area contributed by atoms with E-state index in [-0.39, 0.29) is 0 Å². The molecule has 3 aromatic heterocycles. The van der Waals surface area contributed by atoms with Gasteiger partial charge in [0, 0.05) is 12.4 Å². The van der Waals surface area contributed by atoms with Gasteiger partial charge in [0.25, 0.3) is 0 Å². The van der Waals surface area contributed by atoms with Gasteiger partial charge >= 0.3 is 0 Å². The molecule has 9 rings (SSSR count). The summed E-state index contributed by atoms with van der Waals surface area (Å²) < 4.78 is 0. The van der Waals surface area contributed by atoms with Crippen LogP contribution in [0.3, 0.4) is 0 Å². The number of nitrogens with zero attached hydrogens (tertiary/aromatic N) is 3. The van der Waals surface area contributed by atoms with Crippen LogP contribution in [0.2, 0.25) is 0 Å². The van der Waals surface area contributed by atoms with E-state index in [9.17, 15) is 0 Å². The molecular weight excluding hydrogens is 534 g/mol. The van der Waals surface area contributed by atoms with Crippen molar-refractivity contribution in [2.45, 2.75) is 0 Å². The van der Waals surface area contributed by atoms with Gasteiger partial charge in [-0.05, 0) is 102 Å². The zero-order valence-corrected chi connectivity index (χ0v) is 23.8. The van der Waals surface area contributed by atoms with Crippen molar-refractivity contribution in [2.24, 2.45) is 0 Å². The lowest BCUT2D eigenvalue weighted by Gasteiger charge is -2.16. The van der Waals surface area contributed by atoms with Gasteiger partial charge < -0.3 is 0 Å². The van der Waals surface area contributed by atoms with Gasteiger partial charge in [0.05, 0.1) is 22.8 Å². The molecule has 0 aliphatic carbocycles. The third-order valence-electron chi connectivity index (χ3n) is 8.73. The average molecular weight is 560 g/mol. The van der Waals surface area contributed by atoms with Crippen LogP contribution < -0.4 is 0 Å². The number of hydrogen-bond donors (Lipinski definition) is 0. The maximum Gasteiger partial charge on any atom is 0.0900 e. The predicted octanol–water partition coefficient (Wildman–Crippen LogP) is 10.6. The molecule has 0 amide bonds. The second-order valence-electron chi connectivity index (χ2n) is 11.2. The largest absolute Gasteiger partial charge is 0.255 e. The van der Waals surface area contributed by atoms with E-state index in [0.29, 0.717) is 0 Å².